The molecule has 0 saturated heterocycles. The molecule has 1 aliphatic rings. The lowest BCUT2D eigenvalue weighted by atomic mass is 9.58. The lowest BCUT2D eigenvalue weighted by molar-refractivity contribution is -0.130. The van der Waals surface area contributed by atoms with E-state index >= 15 is 0 Å². The molecule has 0 aliphatic heterocycles. The summed E-state index contributed by atoms with van der Waals surface area (Å²) in [6.07, 6.45) is 10.4. The molecule has 136 valence electrons. The molecule has 1 saturated carbocycles. The first-order valence-electron chi connectivity index (χ1n) is 9.04. The summed E-state index contributed by atoms with van der Waals surface area (Å²) < 4.78 is 5.23. The van der Waals surface area contributed by atoms with Crippen molar-refractivity contribution in [2.45, 2.75) is 57.7 Å². The van der Waals surface area contributed by atoms with Crippen molar-refractivity contribution in [3.63, 3.8) is 0 Å². The van der Waals surface area contributed by atoms with E-state index in [0.717, 1.165) is 12.9 Å². The molecular weight excluding hydrogens is 319 g/mol. The van der Waals surface area contributed by atoms with E-state index < -0.39 is 11.5 Å². The van der Waals surface area contributed by atoms with Crippen LogP contribution in [0.5, 0.6) is 5.75 Å². The highest BCUT2D eigenvalue weighted by Crippen LogP contribution is 2.25. The molecule has 0 radical (unpaired) electrons. The number of H-pyrrole nitrogens is 1. The van der Waals surface area contributed by atoms with Crippen molar-refractivity contribution < 1.29 is 9.53 Å². The number of allylic oxidation sites excluding steroid dienone is 1. The minimum atomic E-state index is -0.620. The van der Waals surface area contributed by atoms with Crippen LogP contribution in [0.1, 0.15) is 51.9 Å². The van der Waals surface area contributed by atoms with Crippen molar-refractivity contribution in [2.24, 2.45) is 0 Å². The van der Waals surface area contributed by atoms with Crippen LogP contribution in [0.2, 0.25) is 5.82 Å². The summed E-state index contributed by atoms with van der Waals surface area (Å²) >= 11 is 0. The van der Waals surface area contributed by atoms with E-state index in [4.69, 9.17) is 4.74 Å². The van der Waals surface area contributed by atoms with Gasteiger partial charge in [0.2, 0.25) is 0 Å². The molecule has 1 heterocycles. The normalized spacial score (nSPS) is 16.6. The SMILES string of the molecule is C/C=C(\NNC)C(=O)Oc1cc(BC2CCCCCCC2)n[nH]c1=O. The Morgan fingerprint density at radius 2 is 2.00 bits per heavy atom. The fourth-order valence-electron chi connectivity index (χ4n) is 3.18. The molecule has 1 fully saturated rings. The van der Waals surface area contributed by atoms with Gasteiger partial charge in [-0.1, -0.05) is 56.8 Å². The maximum atomic E-state index is 12.1. The lowest BCUT2D eigenvalue weighted by Crippen LogP contribution is -2.34. The summed E-state index contributed by atoms with van der Waals surface area (Å²) in [4.78, 5) is 24.0. The maximum absolute atomic E-state index is 12.1. The Balaban J connectivity index is 2.06. The standard InChI is InChI=1S/C17H27BN4O3/c1-3-13(20-19-2)17(24)25-14-11-15(21-22-16(14)23)18-12-9-7-5-4-6-8-10-12/h3,11-12,18-20H,4-10H2,1-2H3,(H,22,23)/b13-3-. The summed E-state index contributed by atoms with van der Waals surface area (Å²) in [6.45, 7) is 1.71. The molecule has 7 nitrogen and oxygen atoms in total. The summed E-state index contributed by atoms with van der Waals surface area (Å²) in [5.41, 5.74) is 5.82. The van der Waals surface area contributed by atoms with E-state index in [2.05, 4.69) is 21.0 Å². The van der Waals surface area contributed by atoms with E-state index in [1.165, 1.54) is 44.9 Å². The van der Waals surface area contributed by atoms with E-state index in [1.807, 2.05) is 0 Å². The Labute approximate surface area is 148 Å². The number of nitrogens with one attached hydrogen (secondary N) is 3. The summed E-state index contributed by atoms with van der Waals surface area (Å²) in [6, 6.07) is 1.59. The monoisotopic (exact) mass is 346 g/mol. The number of esters is 1. The zero-order valence-corrected chi connectivity index (χ0v) is 15.1. The molecule has 8 heteroatoms. The number of hydrazine groups is 1. The predicted molar refractivity (Wildman–Crippen MR) is 99.3 cm³/mol. The Bertz CT molecular complexity index is 652. The van der Waals surface area contributed by atoms with Crippen molar-refractivity contribution in [2.75, 3.05) is 7.05 Å². The Kier molecular flexibility index (Phi) is 7.72. The number of aromatic nitrogens is 2. The van der Waals surface area contributed by atoms with E-state index in [0.29, 0.717) is 5.82 Å². The van der Waals surface area contributed by atoms with Crippen molar-refractivity contribution in [1.82, 2.24) is 21.0 Å². The molecule has 0 atom stereocenters. The summed E-state index contributed by atoms with van der Waals surface area (Å²) in [7, 11) is 2.44. The number of carbonyl (C=O) groups is 1. The molecule has 2 rings (SSSR count). The van der Waals surface area contributed by atoms with Gasteiger partial charge in [-0.05, 0) is 6.92 Å². The van der Waals surface area contributed by atoms with Crippen LogP contribution >= 0.6 is 0 Å². The fraction of sp³-hybridized carbons (Fsp3) is 0.588. The average molecular weight is 346 g/mol. The van der Waals surface area contributed by atoms with Gasteiger partial charge in [0, 0.05) is 18.7 Å². The van der Waals surface area contributed by atoms with E-state index in [-0.39, 0.29) is 11.4 Å². The molecule has 1 aromatic heterocycles. The lowest BCUT2D eigenvalue weighted by Gasteiger charge is -2.18. The van der Waals surface area contributed by atoms with Crippen LogP contribution in [0.15, 0.2) is 22.6 Å². The minimum absolute atomic E-state index is 0.0157. The van der Waals surface area contributed by atoms with Gasteiger partial charge in [0.15, 0.2) is 13.0 Å². The molecule has 1 aliphatic carbocycles. The highest BCUT2D eigenvalue weighted by atomic mass is 16.5. The van der Waals surface area contributed by atoms with Crippen molar-refractivity contribution in [3.05, 3.63) is 28.2 Å². The number of hydrogen-bond acceptors (Lipinski definition) is 6. The van der Waals surface area contributed by atoms with Crippen molar-refractivity contribution in [3.8, 4) is 5.75 Å². The zero-order valence-electron chi connectivity index (χ0n) is 15.1. The molecular formula is C17H27BN4O3. The Morgan fingerprint density at radius 1 is 1.32 bits per heavy atom. The minimum Gasteiger partial charge on any atom is -0.416 e. The quantitative estimate of drug-likeness (QED) is 0.307. The maximum Gasteiger partial charge on any atom is 0.360 e. The summed E-state index contributed by atoms with van der Waals surface area (Å²) in [5, 5.41) is 6.57. The second-order valence-corrected chi connectivity index (χ2v) is 6.43. The van der Waals surface area contributed by atoms with Gasteiger partial charge < -0.3 is 10.2 Å². The molecule has 3 N–H and O–H groups in total. The van der Waals surface area contributed by atoms with Gasteiger partial charge in [-0.25, -0.2) is 15.3 Å². The molecule has 0 aromatic carbocycles. The predicted octanol–water partition coefficient (Wildman–Crippen LogP) is 0.898. The first-order valence-corrected chi connectivity index (χ1v) is 9.04. The van der Waals surface area contributed by atoms with Crippen LogP contribution in [0.25, 0.3) is 0 Å². The van der Waals surface area contributed by atoms with Crippen LogP contribution < -0.4 is 26.7 Å². The second-order valence-electron chi connectivity index (χ2n) is 6.43. The van der Waals surface area contributed by atoms with Gasteiger partial charge >= 0.3 is 11.5 Å². The number of carbonyl (C=O) groups excluding carboxylic acids is 1. The van der Waals surface area contributed by atoms with E-state index in [9.17, 15) is 9.59 Å². The van der Waals surface area contributed by atoms with Crippen LogP contribution in [0.4, 0.5) is 0 Å². The smallest absolute Gasteiger partial charge is 0.360 e. The van der Waals surface area contributed by atoms with Gasteiger partial charge in [0.1, 0.15) is 5.70 Å². The number of ether oxygens (including phenoxy) is 1. The average Bonchev–Trinajstić information content (AvgIpc) is 2.57. The highest BCUT2D eigenvalue weighted by molar-refractivity contribution is 6.53. The number of rotatable bonds is 6. The van der Waals surface area contributed by atoms with Gasteiger partial charge in [0.05, 0.1) is 0 Å². The largest absolute Gasteiger partial charge is 0.416 e. The first kappa shape index (κ1) is 19.2. The van der Waals surface area contributed by atoms with Gasteiger partial charge in [-0.15, -0.1) is 0 Å². The Hall–Kier alpha value is -2.09. The molecule has 1 aromatic rings. The fourth-order valence-corrected chi connectivity index (χ4v) is 3.18. The van der Waals surface area contributed by atoms with Gasteiger partial charge in [0.25, 0.3) is 0 Å². The van der Waals surface area contributed by atoms with Crippen molar-refractivity contribution >= 4 is 18.8 Å². The van der Waals surface area contributed by atoms with Gasteiger partial charge in [-0.2, -0.15) is 5.10 Å². The topological polar surface area (TPSA) is 96.1 Å². The third kappa shape index (κ3) is 6.05. The Morgan fingerprint density at radius 3 is 2.64 bits per heavy atom. The molecule has 0 unspecified atom stereocenters. The van der Waals surface area contributed by atoms with Crippen LogP contribution in [0, 0.1) is 0 Å². The number of hydrogen-bond donors (Lipinski definition) is 3. The number of aromatic amines is 1. The zero-order chi connectivity index (χ0) is 18.1. The second kappa shape index (κ2) is 10.0. The van der Waals surface area contributed by atoms with Crippen LogP contribution in [0.3, 0.4) is 0 Å². The third-order valence-electron chi connectivity index (χ3n) is 4.52. The van der Waals surface area contributed by atoms with Crippen LogP contribution in [-0.4, -0.2) is 30.5 Å². The highest BCUT2D eigenvalue weighted by Gasteiger charge is 2.18. The number of nitrogens with zero attached hydrogens (tertiary/aromatic N) is 1. The molecule has 25 heavy (non-hydrogen) atoms. The van der Waals surface area contributed by atoms with Crippen LogP contribution in [-0.2, 0) is 4.79 Å². The van der Waals surface area contributed by atoms with Gasteiger partial charge in [-0.3, -0.25) is 4.79 Å². The molecule has 0 bridgehead atoms. The summed E-state index contributed by atoms with van der Waals surface area (Å²) in [5.74, 6) is -0.0668. The van der Waals surface area contributed by atoms with Crippen molar-refractivity contribution in [1.29, 1.82) is 0 Å². The first-order chi connectivity index (χ1) is 12.1. The molecule has 0 amide bonds. The van der Waals surface area contributed by atoms with E-state index in [1.54, 1.807) is 26.1 Å². The third-order valence-corrected chi connectivity index (χ3v) is 4.52. The molecule has 0 spiro atoms.